The number of fused-ring (bicyclic) bond motifs is 1. The van der Waals surface area contributed by atoms with Gasteiger partial charge in [0.25, 0.3) is 5.88 Å². The fourth-order valence-electron chi connectivity index (χ4n) is 1.85. The molecular weight excluding hydrogens is 244 g/mol. The quantitative estimate of drug-likeness (QED) is 0.770. The number of nitrogens with zero attached hydrogens (tertiary/aromatic N) is 5. The molecule has 0 aliphatic heterocycles. The Labute approximate surface area is 109 Å². The zero-order chi connectivity index (χ0) is 13.2. The standard InChI is InChI=1S/C12H14N6O/c1-2-4-18-7-9(6-15-18)19-12-11-14-3-5-17(11)8-10(13)16-12/h3,5-8H,2,4,13H2,1H3. The molecule has 3 heterocycles. The van der Waals surface area contributed by atoms with Crippen LogP contribution >= 0.6 is 0 Å². The maximum absolute atomic E-state index is 5.73. The summed E-state index contributed by atoms with van der Waals surface area (Å²) >= 11 is 0. The first-order chi connectivity index (χ1) is 9.26. The first-order valence-corrected chi connectivity index (χ1v) is 6.06. The highest BCUT2D eigenvalue weighted by Gasteiger charge is 2.09. The van der Waals surface area contributed by atoms with Crippen LogP contribution in [-0.2, 0) is 6.54 Å². The monoisotopic (exact) mass is 258 g/mol. The van der Waals surface area contributed by atoms with Crippen LogP contribution in [0.1, 0.15) is 13.3 Å². The van der Waals surface area contributed by atoms with E-state index in [1.165, 1.54) is 0 Å². The van der Waals surface area contributed by atoms with E-state index in [1.807, 2.05) is 10.9 Å². The Kier molecular flexibility index (Phi) is 2.79. The number of nitrogen functional groups attached to an aromatic ring is 1. The SMILES string of the molecule is CCCn1cc(Oc2nc(N)cn3ccnc23)cn1. The molecule has 0 amide bonds. The summed E-state index contributed by atoms with van der Waals surface area (Å²) in [5.74, 6) is 1.37. The molecule has 98 valence electrons. The molecule has 0 bridgehead atoms. The lowest BCUT2D eigenvalue weighted by atomic mass is 10.5. The van der Waals surface area contributed by atoms with Gasteiger partial charge < -0.3 is 10.5 Å². The van der Waals surface area contributed by atoms with Crippen molar-refractivity contribution in [3.05, 3.63) is 31.0 Å². The van der Waals surface area contributed by atoms with Gasteiger partial charge in [-0.15, -0.1) is 0 Å². The molecule has 0 saturated heterocycles. The van der Waals surface area contributed by atoms with Crippen LogP contribution < -0.4 is 10.5 Å². The number of anilines is 1. The average molecular weight is 258 g/mol. The van der Waals surface area contributed by atoms with Crippen molar-refractivity contribution < 1.29 is 4.74 Å². The summed E-state index contributed by atoms with van der Waals surface area (Å²) in [5, 5.41) is 4.20. The molecule has 19 heavy (non-hydrogen) atoms. The molecule has 0 aliphatic carbocycles. The van der Waals surface area contributed by atoms with Crippen molar-refractivity contribution in [2.24, 2.45) is 0 Å². The molecule has 0 fully saturated rings. The molecule has 7 heteroatoms. The molecule has 3 rings (SSSR count). The van der Waals surface area contributed by atoms with Crippen LogP contribution in [0.5, 0.6) is 11.6 Å². The molecule has 0 aliphatic rings. The Hall–Kier alpha value is -2.57. The van der Waals surface area contributed by atoms with Gasteiger partial charge in [0.05, 0.1) is 18.6 Å². The maximum Gasteiger partial charge on any atom is 0.265 e. The molecule has 0 aromatic carbocycles. The average Bonchev–Trinajstić information content (AvgIpc) is 2.98. The summed E-state index contributed by atoms with van der Waals surface area (Å²) in [5.41, 5.74) is 6.35. The Morgan fingerprint density at radius 1 is 1.37 bits per heavy atom. The Morgan fingerprint density at radius 2 is 2.26 bits per heavy atom. The third-order valence-electron chi connectivity index (χ3n) is 2.64. The predicted octanol–water partition coefficient (Wildman–Crippen LogP) is 1.71. The van der Waals surface area contributed by atoms with E-state index in [9.17, 15) is 0 Å². The van der Waals surface area contributed by atoms with Gasteiger partial charge in [0, 0.05) is 18.9 Å². The van der Waals surface area contributed by atoms with Crippen LogP contribution in [-0.4, -0.2) is 24.1 Å². The van der Waals surface area contributed by atoms with E-state index < -0.39 is 0 Å². The van der Waals surface area contributed by atoms with Gasteiger partial charge in [0.1, 0.15) is 5.82 Å². The summed E-state index contributed by atoms with van der Waals surface area (Å²) in [4.78, 5) is 8.35. The lowest BCUT2D eigenvalue weighted by molar-refractivity contribution is 0.464. The molecule has 0 spiro atoms. The molecule has 0 radical (unpaired) electrons. The predicted molar refractivity (Wildman–Crippen MR) is 70.0 cm³/mol. The number of hydrogen-bond donors (Lipinski definition) is 1. The number of aryl methyl sites for hydroxylation is 1. The van der Waals surface area contributed by atoms with E-state index in [2.05, 4.69) is 22.0 Å². The fraction of sp³-hybridized carbons (Fsp3) is 0.250. The van der Waals surface area contributed by atoms with E-state index in [4.69, 9.17) is 10.5 Å². The number of ether oxygens (including phenoxy) is 1. The highest BCUT2D eigenvalue weighted by atomic mass is 16.5. The maximum atomic E-state index is 5.73. The van der Waals surface area contributed by atoms with Gasteiger partial charge in [-0.3, -0.25) is 9.08 Å². The number of aromatic nitrogens is 5. The van der Waals surface area contributed by atoms with Crippen molar-refractivity contribution in [2.75, 3.05) is 5.73 Å². The molecule has 3 aromatic rings. The third-order valence-corrected chi connectivity index (χ3v) is 2.64. The van der Waals surface area contributed by atoms with E-state index in [-0.39, 0.29) is 0 Å². The smallest absolute Gasteiger partial charge is 0.265 e. The van der Waals surface area contributed by atoms with Gasteiger partial charge in [-0.25, -0.2) is 4.98 Å². The van der Waals surface area contributed by atoms with Crippen LogP contribution in [0.3, 0.4) is 0 Å². The lowest BCUT2D eigenvalue weighted by Gasteiger charge is -2.04. The second-order valence-corrected chi connectivity index (χ2v) is 4.17. The molecule has 0 unspecified atom stereocenters. The Balaban J connectivity index is 1.93. The van der Waals surface area contributed by atoms with Crippen LogP contribution in [0, 0.1) is 0 Å². The van der Waals surface area contributed by atoms with E-state index in [1.54, 1.807) is 29.2 Å². The summed E-state index contributed by atoms with van der Waals surface area (Å²) in [7, 11) is 0. The van der Waals surface area contributed by atoms with Crippen LogP contribution in [0.15, 0.2) is 31.0 Å². The van der Waals surface area contributed by atoms with Crippen LogP contribution in [0.2, 0.25) is 0 Å². The topological polar surface area (TPSA) is 83.3 Å². The van der Waals surface area contributed by atoms with Crippen molar-refractivity contribution in [1.29, 1.82) is 0 Å². The van der Waals surface area contributed by atoms with Gasteiger partial charge in [0.15, 0.2) is 5.75 Å². The van der Waals surface area contributed by atoms with Crippen molar-refractivity contribution in [3.63, 3.8) is 0 Å². The van der Waals surface area contributed by atoms with Crippen molar-refractivity contribution >= 4 is 11.5 Å². The molecule has 3 aromatic heterocycles. The summed E-state index contributed by atoms with van der Waals surface area (Å²) in [6.07, 6.45) is 9.65. The summed E-state index contributed by atoms with van der Waals surface area (Å²) < 4.78 is 9.30. The normalized spacial score (nSPS) is 11.0. The molecular formula is C12H14N6O. The Morgan fingerprint density at radius 3 is 3.11 bits per heavy atom. The van der Waals surface area contributed by atoms with Crippen molar-refractivity contribution in [2.45, 2.75) is 19.9 Å². The zero-order valence-corrected chi connectivity index (χ0v) is 10.5. The van der Waals surface area contributed by atoms with Gasteiger partial charge in [0.2, 0.25) is 5.65 Å². The molecule has 7 nitrogen and oxygen atoms in total. The second-order valence-electron chi connectivity index (χ2n) is 4.17. The van der Waals surface area contributed by atoms with Crippen LogP contribution in [0.4, 0.5) is 5.82 Å². The fourth-order valence-corrected chi connectivity index (χ4v) is 1.85. The zero-order valence-electron chi connectivity index (χ0n) is 10.5. The first-order valence-electron chi connectivity index (χ1n) is 6.06. The second kappa shape index (κ2) is 4.60. The third kappa shape index (κ3) is 2.22. The van der Waals surface area contributed by atoms with Gasteiger partial charge >= 0.3 is 0 Å². The number of nitrogens with two attached hydrogens (primary N) is 1. The van der Waals surface area contributed by atoms with E-state index in [0.717, 1.165) is 13.0 Å². The minimum absolute atomic E-state index is 0.376. The lowest BCUT2D eigenvalue weighted by Crippen LogP contribution is -1.99. The van der Waals surface area contributed by atoms with Crippen molar-refractivity contribution in [3.8, 4) is 11.6 Å². The minimum Gasteiger partial charge on any atom is -0.432 e. The van der Waals surface area contributed by atoms with Gasteiger partial charge in [-0.2, -0.15) is 10.1 Å². The van der Waals surface area contributed by atoms with Crippen LogP contribution in [0.25, 0.3) is 5.65 Å². The van der Waals surface area contributed by atoms with E-state index >= 15 is 0 Å². The number of rotatable bonds is 4. The van der Waals surface area contributed by atoms with Gasteiger partial charge in [-0.1, -0.05) is 6.92 Å². The van der Waals surface area contributed by atoms with E-state index in [0.29, 0.717) is 23.1 Å². The largest absolute Gasteiger partial charge is 0.432 e. The van der Waals surface area contributed by atoms with Crippen molar-refractivity contribution in [1.82, 2.24) is 24.1 Å². The first kappa shape index (κ1) is 11.5. The molecule has 0 saturated carbocycles. The number of hydrogen-bond acceptors (Lipinski definition) is 5. The number of imidazole rings is 1. The minimum atomic E-state index is 0.376. The van der Waals surface area contributed by atoms with Gasteiger partial charge in [-0.05, 0) is 6.42 Å². The highest BCUT2D eigenvalue weighted by Crippen LogP contribution is 2.23. The summed E-state index contributed by atoms with van der Waals surface area (Å²) in [6, 6.07) is 0. The molecule has 2 N–H and O–H groups in total. The summed E-state index contributed by atoms with van der Waals surface area (Å²) in [6.45, 7) is 2.95. The Bertz CT molecular complexity index is 701. The molecule has 0 atom stereocenters. The highest BCUT2D eigenvalue weighted by molar-refractivity contribution is 5.53.